The molecule has 0 aromatic heterocycles. The number of methoxy groups -OCH3 is 1. The summed E-state index contributed by atoms with van der Waals surface area (Å²) in [5.41, 5.74) is 7.66. The first kappa shape index (κ1) is 12.2. The van der Waals surface area contributed by atoms with Crippen LogP contribution in [0.25, 0.3) is 0 Å². The van der Waals surface area contributed by atoms with E-state index in [4.69, 9.17) is 15.6 Å². The summed E-state index contributed by atoms with van der Waals surface area (Å²) in [7, 11) is 1.61. The summed E-state index contributed by atoms with van der Waals surface area (Å²) in [5, 5.41) is 8.63. The molecule has 0 heterocycles. The van der Waals surface area contributed by atoms with E-state index in [1.54, 1.807) is 18.9 Å². The maximum atomic E-state index is 8.63. The van der Waals surface area contributed by atoms with Crippen LogP contribution in [0.3, 0.4) is 0 Å². The summed E-state index contributed by atoms with van der Waals surface area (Å²) >= 11 is 1.80. The van der Waals surface area contributed by atoms with E-state index >= 15 is 0 Å². The molecule has 4 heteroatoms. The van der Waals surface area contributed by atoms with Gasteiger partial charge in [-0.1, -0.05) is 6.07 Å². The Morgan fingerprint density at radius 3 is 2.87 bits per heavy atom. The van der Waals surface area contributed by atoms with E-state index in [1.165, 1.54) is 5.56 Å². The zero-order valence-corrected chi connectivity index (χ0v) is 9.72. The Hall–Kier alpha value is -0.870. The lowest BCUT2D eigenvalue weighted by Crippen LogP contribution is -1.94. The molecule has 0 saturated carbocycles. The number of ether oxygens (including phenoxy) is 1. The number of benzene rings is 1. The molecule has 0 radical (unpaired) electrons. The number of hydrogen-bond donors (Lipinski definition) is 2. The van der Waals surface area contributed by atoms with Gasteiger partial charge in [-0.2, -0.15) is 11.8 Å². The molecule has 0 saturated heterocycles. The first-order valence-electron chi connectivity index (χ1n) is 4.89. The molecule has 0 atom stereocenters. The predicted octanol–water partition coefficient (Wildman–Crippen LogP) is 1.89. The number of anilines is 1. The number of aliphatic hydroxyl groups excluding tert-OH is 1. The topological polar surface area (TPSA) is 55.5 Å². The Morgan fingerprint density at radius 2 is 2.27 bits per heavy atom. The van der Waals surface area contributed by atoms with Crippen molar-refractivity contribution in [2.24, 2.45) is 0 Å². The lowest BCUT2D eigenvalue weighted by atomic mass is 10.2. The second-order valence-electron chi connectivity index (χ2n) is 3.21. The molecule has 0 fully saturated rings. The van der Waals surface area contributed by atoms with Gasteiger partial charge in [-0.3, -0.25) is 0 Å². The van der Waals surface area contributed by atoms with E-state index in [2.05, 4.69) is 0 Å². The molecule has 3 N–H and O–H groups in total. The lowest BCUT2D eigenvalue weighted by Gasteiger charge is -2.06. The molecule has 0 amide bonds. The zero-order chi connectivity index (χ0) is 11.1. The highest BCUT2D eigenvalue weighted by atomic mass is 32.2. The second kappa shape index (κ2) is 6.58. The smallest absolute Gasteiger partial charge is 0.141 e. The zero-order valence-electron chi connectivity index (χ0n) is 8.90. The minimum absolute atomic E-state index is 0.262. The largest absolute Gasteiger partial charge is 0.495 e. The molecular formula is C11H17NO2S. The van der Waals surface area contributed by atoms with Crippen molar-refractivity contribution in [3.05, 3.63) is 23.8 Å². The molecule has 3 nitrogen and oxygen atoms in total. The maximum absolute atomic E-state index is 8.63. The molecule has 15 heavy (non-hydrogen) atoms. The van der Waals surface area contributed by atoms with Gasteiger partial charge in [0.2, 0.25) is 0 Å². The summed E-state index contributed by atoms with van der Waals surface area (Å²) in [4.78, 5) is 0. The number of nitrogens with two attached hydrogens (primary N) is 1. The fraction of sp³-hybridized carbons (Fsp3) is 0.455. The molecule has 0 bridgehead atoms. The van der Waals surface area contributed by atoms with Crippen LogP contribution in [-0.2, 0) is 5.75 Å². The van der Waals surface area contributed by atoms with Crippen LogP contribution >= 0.6 is 11.8 Å². The van der Waals surface area contributed by atoms with E-state index in [0.717, 1.165) is 23.7 Å². The van der Waals surface area contributed by atoms with E-state index in [-0.39, 0.29) is 6.61 Å². The third-order valence-corrected chi connectivity index (χ3v) is 3.12. The van der Waals surface area contributed by atoms with E-state index < -0.39 is 0 Å². The summed E-state index contributed by atoms with van der Waals surface area (Å²) in [6, 6.07) is 5.84. The highest BCUT2D eigenvalue weighted by Crippen LogP contribution is 2.24. The Morgan fingerprint density at radius 1 is 1.47 bits per heavy atom. The normalized spacial score (nSPS) is 10.3. The van der Waals surface area contributed by atoms with E-state index in [1.807, 2.05) is 18.2 Å². The Balaban J connectivity index is 2.45. The lowest BCUT2D eigenvalue weighted by molar-refractivity contribution is 0.296. The van der Waals surface area contributed by atoms with Gasteiger partial charge in [0.05, 0.1) is 12.8 Å². The quantitative estimate of drug-likeness (QED) is 0.575. The third-order valence-electron chi connectivity index (χ3n) is 2.01. The minimum atomic E-state index is 0.262. The predicted molar refractivity (Wildman–Crippen MR) is 65.3 cm³/mol. The van der Waals surface area contributed by atoms with Crippen molar-refractivity contribution in [2.75, 3.05) is 25.2 Å². The molecule has 0 spiro atoms. The van der Waals surface area contributed by atoms with Gasteiger partial charge < -0.3 is 15.6 Å². The van der Waals surface area contributed by atoms with Crippen LogP contribution in [0.5, 0.6) is 5.75 Å². The molecule has 1 aromatic rings. The van der Waals surface area contributed by atoms with E-state index in [9.17, 15) is 0 Å². The molecular weight excluding hydrogens is 210 g/mol. The number of aliphatic hydroxyl groups is 1. The maximum Gasteiger partial charge on any atom is 0.141 e. The molecule has 1 rings (SSSR count). The van der Waals surface area contributed by atoms with Gasteiger partial charge in [0.1, 0.15) is 5.75 Å². The van der Waals surface area contributed by atoms with Crippen LogP contribution in [0.4, 0.5) is 5.69 Å². The summed E-state index contributed by atoms with van der Waals surface area (Å²) in [6.45, 7) is 0.262. The van der Waals surface area contributed by atoms with Crippen LogP contribution in [0.15, 0.2) is 18.2 Å². The van der Waals surface area contributed by atoms with Gasteiger partial charge >= 0.3 is 0 Å². The summed E-state index contributed by atoms with van der Waals surface area (Å²) in [6.07, 6.45) is 0.844. The molecule has 1 aromatic carbocycles. The van der Waals surface area contributed by atoms with Crippen molar-refractivity contribution in [2.45, 2.75) is 12.2 Å². The van der Waals surface area contributed by atoms with Crippen molar-refractivity contribution in [3.63, 3.8) is 0 Å². The van der Waals surface area contributed by atoms with Gasteiger partial charge in [-0.05, 0) is 29.9 Å². The summed E-state index contributed by atoms with van der Waals surface area (Å²) < 4.78 is 5.08. The molecule has 0 aliphatic rings. The van der Waals surface area contributed by atoms with Gasteiger partial charge in [-0.15, -0.1) is 0 Å². The van der Waals surface area contributed by atoms with Crippen molar-refractivity contribution in [3.8, 4) is 5.75 Å². The molecule has 0 aliphatic carbocycles. The summed E-state index contributed by atoms with van der Waals surface area (Å²) in [5.74, 6) is 2.62. The number of nitrogen functional groups attached to an aromatic ring is 1. The molecule has 84 valence electrons. The van der Waals surface area contributed by atoms with Gasteiger partial charge in [0.25, 0.3) is 0 Å². The Labute approximate surface area is 94.6 Å². The van der Waals surface area contributed by atoms with Gasteiger partial charge in [-0.25, -0.2) is 0 Å². The van der Waals surface area contributed by atoms with Crippen LogP contribution in [0.1, 0.15) is 12.0 Å². The third kappa shape index (κ3) is 4.01. The standard InChI is InChI=1S/C11H17NO2S/c1-14-11-4-3-9(7-10(11)12)8-15-6-2-5-13/h3-4,7,13H,2,5-6,8,12H2,1H3. The van der Waals surface area contributed by atoms with Gasteiger partial charge in [0.15, 0.2) is 0 Å². The van der Waals surface area contributed by atoms with E-state index in [0.29, 0.717) is 5.69 Å². The van der Waals surface area contributed by atoms with Crippen LogP contribution < -0.4 is 10.5 Å². The average molecular weight is 227 g/mol. The first-order valence-corrected chi connectivity index (χ1v) is 6.04. The number of rotatable bonds is 6. The van der Waals surface area contributed by atoms with Crippen molar-refractivity contribution in [1.82, 2.24) is 0 Å². The Kier molecular flexibility index (Phi) is 5.36. The van der Waals surface area contributed by atoms with Crippen molar-refractivity contribution >= 4 is 17.4 Å². The monoisotopic (exact) mass is 227 g/mol. The number of hydrogen-bond acceptors (Lipinski definition) is 4. The molecule has 0 aliphatic heterocycles. The van der Waals surface area contributed by atoms with Crippen LogP contribution in [0, 0.1) is 0 Å². The second-order valence-corrected chi connectivity index (χ2v) is 4.31. The SMILES string of the molecule is COc1ccc(CSCCCO)cc1N. The first-order chi connectivity index (χ1) is 7.27. The number of thioether (sulfide) groups is 1. The fourth-order valence-electron chi connectivity index (χ4n) is 1.23. The highest BCUT2D eigenvalue weighted by Gasteiger charge is 2.00. The fourth-order valence-corrected chi connectivity index (χ4v) is 2.12. The average Bonchev–Trinajstić information content (AvgIpc) is 2.25. The van der Waals surface area contributed by atoms with Crippen molar-refractivity contribution < 1.29 is 9.84 Å². The van der Waals surface area contributed by atoms with Crippen molar-refractivity contribution in [1.29, 1.82) is 0 Å². The minimum Gasteiger partial charge on any atom is -0.495 e. The Bertz CT molecular complexity index is 305. The van der Waals surface area contributed by atoms with Crippen LogP contribution in [0.2, 0.25) is 0 Å². The highest BCUT2D eigenvalue weighted by molar-refractivity contribution is 7.98. The molecule has 0 unspecified atom stereocenters. The van der Waals surface area contributed by atoms with Gasteiger partial charge in [0, 0.05) is 12.4 Å². The van der Waals surface area contributed by atoms with Crippen LogP contribution in [-0.4, -0.2) is 24.6 Å².